The van der Waals surface area contributed by atoms with Crippen molar-refractivity contribution in [1.29, 1.82) is 0 Å². The zero-order valence-electron chi connectivity index (χ0n) is 18.7. The van der Waals surface area contributed by atoms with E-state index in [0.29, 0.717) is 0 Å². The van der Waals surface area contributed by atoms with Gasteiger partial charge in [0.1, 0.15) is 0 Å². The molecule has 0 fully saturated rings. The summed E-state index contributed by atoms with van der Waals surface area (Å²) in [7, 11) is 0. The Morgan fingerprint density at radius 2 is 1.25 bits per heavy atom. The van der Waals surface area contributed by atoms with Crippen LogP contribution in [0.15, 0.2) is 91.0 Å². The smallest absolute Gasteiger partial charge is 0.0566 e. The fraction of sp³-hybridized carbons (Fsp3) is 0.133. The van der Waals surface area contributed by atoms with Gasteiger partial charge in [-0.2, -0.15) is 0 Å². The monoisotopic (exact) mass is 414 g/mol. The van der Waals surface area contributed by atoms with Crippen molar-refractivity contribution >= 4 is 32.7 Å². The number of benzene rings is 4. The summed E-state index contributed by atoms with van der Waals surface area (Å²) in [5.41, 5.74) is 9.83. The van der Waals surface area contributed by atoms with E-state index in [2.05, 4.69) is 122 Å². The molecular weight excluding hydrogens is 388 g/mol. The Morgan fingerprint density at radius 3 is 1.94 bits per heavy atom. The summed E-state index contributed by atoms with van der Waals surface area (Å²) < 4.78 is 0. The number of H-pyrrole nitrogens is 2. The third-order valence-corrected chi connectivity index (χ3v) is 6.53. The second-order valence-electron chi connectivity index (χ2n) is 9.65. The number of nitrogens with one attached hydrogen (secondary N) is 2. The quantitative estimate of drug-likeness (QED) is 0.285. The highest BCUT2D eigenvalue weighted by molar-refractivity contribution is 6.22. The molecule has 2 nitrogen and oxygen atoms in total. The first-order valence-corrected chi connectivity index (χ1v) is 11.2. The summed E-state index contributed by atoms with van der Waals surface area (Å²) in [6.45, 7) is 6.81. The van der Waals surface area contributed by atoms with Gasteiger partial charge < -0.3 is 9.97 Å². The second kappa shape index (κ2) is 6.86. The Bertz CT molecular complexity index is 1580. The van der Waals surface area contributed by atoms with E-state index in [1.54, 1.807) is 0 Å². The molecule has 2 aromatic heterocycles. The minimum absolute atomic E-state index is 0.117. The van der Waals surface area contributed by atoms with Gasteiger partial charge in [-0.25, -0.2) is 0 Å². The fourth-order valence-corrected chi connectivity index (χ4v) is 4.84. The molecule has 6 rings (SSSR count). The number of fused-ring (bicyclic) bond motifs is 5. The predicted octanol–water partition coefficient (Wildman–Crippen LogP) is 8.43. The fourth-order valence-electron chi connectivity index (χ4n) is 4.84. The summed E-state index contributed by atoms with van der Waals surface area (Å²) in [5, 5.41) is 3.81. The van der Waals surface area contributed by atoms with Crippen LogP contribution in [0.5, 0.6) is 0 Å². The molecule has 0 aliphatic rings. The van der Waals surface area contributed by atoms with Crippen LogP contribution < -0.4 is 0 Å². The van der Waals surface area contributed by atoms with Crippen LogP contribution in [0, 0.1) is 0 Å². The summed E-state index contributed by atoms with van der Waals surface area (Å²) in [6, 6.07) is 32.6. The predicted molar refractivity (Wildman–Crippen MR) is 137 cm³/mol. The lowest BCUT2D eigenvalue weighted by atomic mass is 9.86. The first kappa shape index (κ1) is 18.9. The lowest BCUT2D eigenvalue weighted by Crippen LogP contribution is -2.10. The van der Waals surface area contributed by atoms with Crippen LogP contribution in [0.2, 0.25) is 0 Å². The molecular formula is C30H26N2. The molecule has 156 valence electrons. The Balaban J connectivity index is 1.74. The van der Waals surface area contributed by atoms with Crippen molar-refractivity contribution in [2.24, 2.45) is 0 Å². The summed E-state index contributed by atoms with van der Waals surface area (Å²) in [6.07, 6.45) is 0. The summed E-state index contributed by atoms with van der Waals surface area (Å²) in [5.74, 6) is 0. The molecule has 2 heterocycles. The van der Waals surface area contributed by atoms with Crippen LogP contribution in [0.3, 0.4) is 0 Å². The number of rotatable bonds is 2. The van der Waals surface area contributed by atoms with Crippen molar-refractivity contribution in [2.45, 2.75) is 26.2 Å². The van der Waals surface area contributed by atoms with Crippen LogP contribution in [-0.4, -0.2) is 9.97 Å². The number of hydrogen-bond acceptors (Lipinski definition) is 0. The van der Waals surface area contributed by atoms with E-state index in [4.69, 9.17) is 0 Å². The van der Waals surface area contributed by atoms with Gasteiger partial charge >= 0.3 is 0 Å². The van der Waals surface area contributed by atoms with E-state index in [9.17, 15) is 0 Å². The van der Waals surface area contributed by atoms with Crippen molar-refractivity contribution in [3.05, 3.63) is 96.6 Å². The van der Waals surface area contributed by atoms with Crippen molar-refractivity contribution in [2.75, 3.05) is 0 Å². The number of aromatic nitrogens is 2. The molecule has 0 atom stereocenters. The van der Waals surface area contributed by atoms with Gasteiger partial charge in [0.15, 0.2) is 0 Å². The van der Waals surface area contributed by atoms with Crippen LogP contribution in [0.25, 0.3) is 55.1 Å². The van der Waals surface area contributed by atoms with Gasteiger partial charge in [-0.05, 0) is 40.3 Å². The van der Waals surface area contributed by atoms with Crippen molar-refractivity contribution in [1.82, 2.24) is 9.97 Å². The second-order valence-corrected chi connectivity index (χ2v) is 9.65. The molecule has 2 N–H and O–H groups in total. The molecule has 0 spiro atoms. The average molecular weight is 415 g/mol. The Labute approximate surface area is 187 Å². The third-order valence-electron chi connectivity index (χ3n) is 6.53. The molecule has 4 aromatic carbocycles. The van der Waals surface area contributed by atoms with Gasteiger partial charge in [0.2, 0.25) is 0 Å². The third kappa shape index (κ3) is 2.87. The molecule has 0 aliphatic heterocycles. The highest BCUT2D eigenvalue weighted by Crippen LogP contribution is 2.43. The molecule has 0 aliphatic carbocycles. The Morgan fingerprint density at radius 1 is 0.594 bits per heavy atom. The van der Waals surface area contributed by atoms with Gasteiger partial charge in [0.05, 0.1) is 11.2 Å². The Hall–Kier alpha value is -3.78. The molecule has 32 heavy (non-hydrogen) atoms. The maximum Gasteiger partial charge on any atom is 0.0566 e. The average Bonchev–Trinajstić information content (AvgIpc) is 3.37. The molecule has 2 heteroatoms. The van der Waals surface area contributed by atoms with E-state index in [0.717, 1.165) is 11.2 Å². The maximum atomic E-state index is 3.75. The molecule has 0 bridgehead atoms. The van der Waals surface area contributed by atoms with Gasteiger partial charge in [-0.1, -0.05) is 93.6 Å². The maximum absolute atomic E-state index is 3.75. The van der Waals surface area contributed by atoms with Crippen LogP contribution in [0.4, 0.5) is 0 Å². The van der Waals surface area contributed by atoms with E-state index in [1.165, 1.54) is 49.4 Å². The molecule has 0 amide bonds. The van der Waals surface area contributed by atoms with Crippen molar-refractivity contribution < 1.29 is 0 Å². The molecule has 0 unspecified atom stereocenters. The first-order chi connectivity index (χ1) is 15.5. The van der Waals surface area contributed by atoms with Gasteiger partial charge in [0.25, 0.3) is 0 Å². The van der Waals surface area contributed by atoms with E-state index in [1.807, 2.05) is 0 Å². The topological polar surface area (TPSA) is 31.6 Å². The lowest BCUT2D eigenvalue weighted by molar-refractivity contribution is 0.591. The van der Waals surface area contributed by atoms with Crippen LogP contribution >= 0.6 is 0 Å². The summed E-state index contributed by atoms with van der Waals surface area (Å²) >= 11 is 0. The highest BCUT2D eigenvalue weighted by atomic mass is 14.8. The van der Waals surface area contributed by atoms with Crippen LogP contribution in [-0.2, 0) is 5.41 Å². The number of hydrogen-bond donors (Lipinski definition) is 2. The van der Waals surface area contributed by atoms with Gasteiger partial charge in [-0.15, -0.1) is 0 Å². The zero-order chi connectivity index (χ0) is 21.9. The molecule has 6 aromatic rings. The van der Waals surface area contributed by atoms with Crippen molar-refractivity contribution in [3.63, 3.8) is 0 Å². The molecule has 0 saturated heterocycles. The van der Waals surface area contributed by atoms with Crippen LogP contribution in [0.1, 0.15) is 26.3 Å². The largest absolute Gasteiger partial charge is 0.354 e. The van der Waals surface area contributed by atoms with Gasteiger partial charge in [0, 0.05) is 32.8 Å². The molecule has 0 saturated carbocycles. The van der Waals surface area contributed by atoms with Gasteiger partial charge in [-0.3, -0.25) is 0 Å². The van der Waals surface area contributed by atoms with E-state index in [-0.39, 0.29) is 5.41 Å². The number of aromatic amines is 2. The summed E-state index contributed by atoms with van der Waals surface area (Å²) in [4.78, 5) is 7.49. The van der Waals surface area contributed by atoms with Crippen molar-refractivity contribution in [3.8, 4) is 22.4 Å². The normalized spacial score (nSPS) is 12.2. The molecule has 0 radical (unpaired) electrons. The lowest BCUT2D eigenvalue weighted by Gasteiger charge is -2.18. The Kier molecular flexibility index (Phi) is 4.06. The standard InChI is InChI=1S/C30H26N2/c1-30(2,3)21-14-16-24-23(18-21)22-15-17-25-27(29(22)31-24)26(19-10-6-4-7-11-19)28(32-25)20-12-8-5-9-13-20/h4-18,31-32H,1-3H3. The van der Waals surface area contributed by atoms with E-state index < -0.39 is 0 Å². The van der Waals surface area contributed by atoms with E-state index >= 15 is 0 Å². The minimum atomic E-state index is 0.117. The first-order valence-electron chi connectivity index (χ1n) is 11.2. The zero-order valence-corrected chi connectivity index (χ0v) is 18.7. The highest BCUT2D eigenvalue weighted by Gasteiger charge is 2.20. The SMILES string of the molecule is CC(C)(C)c1ccc2[nH]c3c(ccc4[nH]c(-c5ccccc5)c(-c5ccccc5)c43)c2c1. The minimum Gasteiger partial charge on any atom is -0.354 e.